The van der Waals surface area contributed by atoms with Crippen molar-refractivity contribution in [3.8, 4) is 5.75 Å². The molecule has 0 saturated heterocycles. The van der Waals surface area contributed by atoms with Gasteiger partial charge in [-0.1, -0.05) is 113 Å². The Bertz CT molecular complexity index is 1010. The summed E-state index contributed by atoms with van der Waals surface area (Å²) in [4.78, 5) is 12.6. The van der Waals surface area contributed by atoms with Gasteiger partial charge in [0.15, 0.2) is 12.7 Å². The van der Waals surface area contributed by atoms with Crippen molar-refractivity contribution in [3.05, 3.63) is 71.2 Å². The third kappa shape index (κ3) is 12.9. The van der Waals surface area contributed by atoms with Gasteiger partial charge < -0.3 is 32.4 Å². The fraction of sp³-hybridized carbons (Fsp3) is 0.484. The van der Waals surface area contributed by atoms with Gasteiger partial charge >= 0.3 is 6.03 Å². The van der Waals surface area contributed by atoms with Crippen molar-refractivity contribution < 1.29 is 31.1 Å². The third-order valence-corrected chi connectivity index (χ3v) is 7.17. The molecule has 0 aliphatic rings. The van der Waals surface area contributed by atoms with Crippen molar-refractivity contribution >= 4 is 28.7 Å². The van der Waals surface area contributed by atoms with Gasteiger partial charge in [-0.3, -0.25) is 0 Å². The van der Waals surface area contributed by atoms with Crippen molar-refractivity contribution in [2.24, 2.45) is 0 Å². The average molecular weight is 603 g/mol. The molecule has 2 N–H and O–H groups in total. The molecule has 0 bridgehead atoms. The molecule has 0 saturated carbocycles. The van der Waals surface area contributed by atoms with Crippen molar-refractivity contribution in [2.45, 2.75) is 90.5 Å². The Kier molecular flexibility index (Phi) is 16.5. The Morgan fingerprint density at radius 3 is 2.08 bits per heavy atom. The lowest BCUT2D eigenvalue weighted by atomic mass is 10.1. The molecule has 3 rings (SSSR count). The molecule has 0 unspecified atom stereocenters. The van der Waals surface area contributed by atoms with E-state index in [2.05, 4.69) is 39.2 Å². The minimum absolute atomic E-state index is 0. The summed E-state index contributed by atoms with van der Waals surface area (Å²) in [5.41, 5.74) is 4.71. The van der Waals surface area contributed by atoms with E-state index in [1.165, 1.54) is 76.2 Å². The number of aromatic nitrogens is 1. The molecule has 7 heteroatoms. The molecular formula is C31H44BrN3O2S. The smallest absolute Gasteiger partial charge is 0.323 e. The summed E-state index contributed by atoms with van der Waals surface area (Å²) in [5, 5.41) is 7.90. The lowest BCUT2D eigenvalue weighted by molar-refractivity contribution is -0.683. The molecule has 38 heavy (non-hydrogen) atoms. The number of nitrogens with one attached hydrogen (secondary N) is 2. The van der Waals surface area contributed by atoms with Gasteiger partial charge in [0.2, 0.25) is 5.51 Å². The van der Waals surface area contributed by atoms with E-state index >= 15 is 0 Å². The van der Waals surface area contributed by atoms with Crippen LogP contribution in [0.2, 0.25) is 0 Å². The third-order valence-electron chi connectivity index (χ3n) is 6.49. The Hall–Kier alpha value is -2.38. The minimum Gasteiger partial charge on any atom is -1.00 e. The molecule has 0 spiro atoms. The van der Waals surface area contributed by atoms with Gasteiger partial charge in [0, 0.05) is 11.3 Å². The summed E-state index contributed by atoms with van der Waals surface area (Å²) in [7, 11) is 0. The van der Waals surface area contributed by atoms with E-state index in [0.717, 1.165) is 18.7 Å². The molecule has 1 heterocycles. The average Bonchev–Trinajstić information content (AvgIpc) is 3.42. The van der Waals surface area contributed by atoms with Crippen LogP contribution in [0.4, 0.5) is 16.2 Å². The normalized spacial score (nSPS) is 10.6. The van der Waals surface area contributed by atoms with Gasteiger partial charge in [-0.15, -0.1) is 0 Å². The highest BCUT2D eigenvalue weighted by Gasteiger charge is 2.09. The number of halogens is 1. The first-order valence-corrected chi connectivity index (χ1v) is 15.0. The van der Waals surface area contributed by atoms with Crippen LogP contribution in [0.5, 0.6) is 5.75 Å². The maximum atomic E-state index is 12.6. The molecule has 208 valence electrons. The lowest BCUT2D eigenvalue weighted by Crippen LogP contribution is -3.00. The van der Waals surface area contributed by atoms with Gasteiger partial charge in [-0.05, 0) is 30.7 Å². The second kappa shape index (κ2) is 19.7. The number of nitrogens with zero attached hydrogens (tertiary/aromatic N) is 1. The number of carbonyl (C=O) groups excluding carboxylic acids is 1. The largest absolute Gasteiger partial charge is 1.00 e. The predicted octanol–water partition coefficient (Wildman–Crippen LogP) is 5.81. The fourth-order valence-electron chi connectivity index (χ4n) is 4.36. The molecule has 5 nitrogen and oxygen atoms in total. The van der Waals surface area contributed by atoms with Gasteiger partial charge in [-0.25, -0.2) is 4.79 Å². The second-order valence-corrected chi connectivity index (χ2v) is 10.5. The Morgan fingerprint density at radius 2 is 1.45 bits per heavy atom. The van der Waals surface area contributed by atoms with E-state index in [1.807, 2.05) is 48.5 Å². The molecule has 3 aromatic rings. The number of ether oxygens (including phenoxy) is 1. The van der Waals surface area contributed by atoms with Crippen LogP contribution >= 0.6 is 11.3 Å². The first-order chi connectivity index (χ1) is 18.2. The van der Waals surface area contributed by atoms with E-state index in [9.17, 15) is 4.79 Å². The zero-order chi connectivity index (χ0) is 26.0. The molecule has 0 radical (unpaired) electrons. The Morgan fingerprint density at radius 1 is 0.816 bits per heavy atom. The van der Waals surface area contributed by atoms with E-state index < -0.39 is 0 Å². The zero-order valence-corrected chi connectivity index (χ0v) is 25.2. The molecule has 0 aliphatic carbocycles. The summed E-state index contributed by atoms with van der Waals surface area (Å²) >= 11 is 1.67. The van der Waals surface area contributed by atoms with Crippen LogP contribution in [0.15, 0.2) is 65.6 Å². The first-order valence-electron chi connectivity index (χ1n) is 14.0. The van der Waals surface area contributed by atoms with Crippen molar-refractivity contribution in [1.29, 1.82) is 0 Å². The number of carbonyl (C=O) groups is 1. The molecule has 2 amide bonds. The van der Waals surface area contributed by atoms with E-state index in [4.69, 9.17) is 4.74 Å². The van der Waals surface area contributed by atoms with Gasteiger partial charge in [-0.2, -0.15) is 4.57 Å². The van der Waals surface area contributed by atoms with Gasteiger partial charge in [0.25, 0.3) is 0 Å². The van der Waals surface area contributed by atoms with Crippen LogP contribution in [0, 0.1) is 0 Å². The number of anilines is 2. The highest BCUT2D eigenvalue weighted by Crippen LogP contribution is 2.24. The van der Waals surface area contributed by atoms with E-state index in [1.54, 1.807) is 11.3 Å². The van der Waals surface area contributed by atoms with Crippen LogP contribution in [-0.4, -0.2) is 12.6 Å². The number of unbranched alkanes of at least 4 members (excludes halogenated alkanes) is 11. The van der Waals surface area contributed by atoms with Crippen molar-refractivity contribution in [1.82, 2.24) is 0 Å². The van der Waals surface area contributed by atoms with E-state index in [0.29, 0.717) is 18.0 Å². The van der Waals surface area contributed by atoms with Crippen LogP contribution < -0.4 is 36.9 Å². The molecular weight excluding hydrogens is 558 g/mol. The fourth-order valence-corrected chi connectivity index (χ4v) is 4.96. The van der Waals surface area contributed by atoms with Gasteiger partial charge in [0.1, 0.15) is 5.75 Å². The van der Waals surface area contributed by atoms with Gasteiger partial charge in [0.05, 0.1) is 17.7 Å². The van der Waals surface area contributed by atoms with Crippen molar-refractivity contribution in [2.75, 3.05) is 17.2 Å². The summed E-state index contributed by atoms with van der Waals surface area (Å²) in [6.45, 7) is 3.76. The summed E-state index contributed by atoms with van der Waals surface area (Å²) in [5.74, 6) is 0.712. The molecule has 1 aromatic heterocycles. The van der Waals surface area contributed by atoms with Crippen LogP contribution in [0.1, 0.15) is 89.5 Å². The number of amides is 2. The Balaban J connectivity index is 0.00000507. The summed E-state index contributed by atoms with van der Waals surface area (Å²) < 4.78 is 8.13. The quantitative estimate of drug-likeness (QED) is 0.143. The second-order valence-electron chi connectivity index (χ2n) is 9.71. The number of para-hydroxylation sites is 2. The number of rotatable bonds is 18. The molecule has 2 aromatic carbocycles. The molecule has 0 atom stereocenters. The number of thiazole rings is 1. The number of hydrogen-bond acceptors (Lipinski definition) is 3. The maximum absolute atomic E-state index is 12.6. The highest BCUT2D eigenvalue weighted by atomic mass is 79.9. The van der Waals surface area contributed by atoms with Crippen molar-refractivity contribution in [3.63, 3.8) is 0 Å². The van der Waals surface area contributed by atoms with Crippen LogP contribution in [0.3, 0.4) is 0 Å². The topological polar surface area (TPSA) is 54.2 Å². The molecule has 0 fully saturated rings. The zero-order valence-electron chi connectivity index (χ0n) is 22.8. The predicted molar refractivity (Wildman–Crippen MR) is 156 cm³/mol. The maximum Gasteiger partial charge on any atom is 0.323 e. The SMILES string of the molecule is CCCCCCCCCCCCCCOc1ccccc1NC(=O)Nc1ccc(C[n+]2ccsc2)cc1.[Br-]. The van der Waals surface area contributed by atoms with Crippen LogP contribution in [-0.2, 0) is 6.54 Å². The Labute approximate surface area is 243 Å². The summed E-state index contributed by atoms with van der Waals surface area (Å²) in [6.07, 6.45) is 17.9. The monoisotopic (exact) mass is 601 g/mol. The standard InChI is InChI=1S/C31H43N3O2S.BrH/c1-2-3-4-5-6-7-8-9-10-11-12-15-23-36-30-17-14-13-16-29(30)33-31(35)32-28-20-18-27(19-21-28)25-34-22-24-37-26-34;/h13-14,16-22,24,26H,2-12,15,23,25H2,1H3,(H-,32,33,35);1H. The molecule has 0 aliphatic heterocycles. The number of hydrogen-bond donors (Lipinski definition) is 2. The number of urea groups is 1. The highest BCUT2D eigenvalue weighted by molar-refractivity contribution is 7.07. The lowest BCUT2D eigenvalue weighted by Gasteiger charge is -2.13. The minimum atomic E-state index is -0.277. The van der Waals surface area contributed by atoms with E-state index in [-0.39, 0.29) is 23.0 Å². The number of benzene rings is 2. The van der Waals surface area contributed by atoms with Crippen LogP contribution in [0.25, 0.3) is 0 Å². The summed E-state index contributed by atoms with van der Waals surface area (Å²) in [6, 6.07) is 15.3. The first kappa shape index (κ1) is 31.8.